The maximum atomic E-state index is 5.64. The Balaban J connectivity index is 2.92. The predicted octanol–water partition coefficient (Wildman–Crippen LogP) is 1.77. The summed E-state index contributed by atoms with van der Waals surface area (Å²) in [5, 5.41) is 0.477. The number of hydrogen-bond donors (Lipinski definition) is 1. The van der Waals surface area contributed by atoms with Crippen LogP contribution in [0.3, 0.4) is 0 Å². The third-order valence-corrected chi connectivity index (χ3v) is 1.58. The van der Waals surface area contributed by atoms with Crippen LogP contribution in [0.15, 0.2) is 27.9 Å². The minimum Gasteiger partial charge on any atom is -0.383 e. The molecule has 3 heteroatoms. The van der Waals surface area contributed by atoms with Gasteiger partial charge in [0.15, 0.2) is 0 Å². The molecule has 10 heavy (non-hydrogen) atoms. The molecule has 0 saturated carbocycles. The maximum Gasteiger partial charge on any atom is 0.127 e. The van der Waals surface area contributed by atoms with Crippen molar-refractivity contribution in [2.45, 2.75) is 13.3 Å². The lowest BCUT2D eigenvalue weighted by Gasteiger charge is -1.94. The number of nitrogens with two attached hydrogens (primary N) is 1. The van der Waals surface area contributed by atoms with Crippen molar-refractivity contribution in [3.05, 3.63) is 22.9 Å². The van der Waals surface area contributed by atoms with Gasteiger partial charge in [0.2, 0.25) is 0 Å². The molecular weight excluding hydrogens is 148 g/mol. The van der Waals surface area contributed by atoms with Crippen molar-refractivity contribution in [2.24, 2.45) is 10.7 Å². The fraction of sp³-hybridized carbons (Fsp3) is 0.286. The lowest BCUT2D eigenvalue weighted by atomic mass is 10.2. The van der Waals surface area contributed by atoms with Crippen molar-refractivity contribution in [1.82, 2.24) is 0 Å². The van der Waals surface area contributed by atoms with Gasteiger partial charge in [0.25, 0.3) is 0 Å². The van der Waals surface area contributed by atoms with Crippen molar-refractivity contribution in [2.75, 3.05) is 0 Å². The average molecular weight is 157 g/mol. The standard InChI is InChI=1S/C7H9ClN2/c1-5-3-2-4-6(8)10-7(5)9/h3-4H,2H2,1H3,(H2,9,10). The van der Waals surface area contributed by atoms with Crippen molar-refractivity contribution in [3.63, 3.8) is 0 Å². The average Bonchev–Trinajstić information content (AvgIpc) is 1.96. The Labute approximate surface area is 65.1 Å². The molecule has 1 aliphatic heterocycles. The fourth-order valence-corrected chi connectivity index (χ4v) is 0.867. The Bertz CT molecular complexity index is 226. The molecule has 0 amide bonds. The molecule has 0 saturated heterocycles. The van der Waals surface area contributed by atoms with E-state index in [4.69, 9.17) is 17.3 Å². The molecule has 0 aromatic heterocycles. The van der Waals surface area contributed by atoms with E-state index in [0.29, 0.717) is 11.0 Å². The highest BCUT2D eigenvalue weighted by Gasteiger charge is 1.99. The lowest BCUT2D eigenvalue weighted by molar-refractivity contribution is 1.35. The zero-order valence-corrected chi connectivity index (χ0v) is 6.52. The number of hydrogen-bond acceptors (Lipinski definition) is 2. The molecule has 0 bridgehead atoms. The summed E-state index contributed by atoms with van der Waals surface area (Å²) in [6.45, 7) is 1.92. The molecule has 0 radical (unpaired) electrons. The first-order valence-electron chi connectivity index (χ1n) is 3.07. The number of amidine groups is 1. The van der Waals surface area contributed by atoms with Gasteiger partial charge in [-0.1, -0.05) is 17.7 Å². The minimum absolute atomic E-state index is 0.477. The van der Waals surface area contributed by atoms with Gasteiger partial charge in [0.05, 0.1) is 0 Å². The first-order valence-corrected chi connectivity index (χ1v) is 3.45. The molecule has 0 aromatic rings. The van der Waals surface area contributed by atoms with Crippen LogP contribution in [0.2, 0.25) is 0 Å². The summed E-state index contributed by atoms with van der Waals surface area (Å²) >= 11 is 5.64. The Morgan fingerprint density at radius 1 is 1.60 bits per heavy atom. The van der Waals surface area contributed by atoms with Crippen LogP contribution < -0.4 is 5.73 Å². The first kappa shape index (κ1) is 7.35. The monoisotopic (exact) mass is 156 g/mol. The molecule has 0 spiro atoms. The smallest absolute Gasteiger partial charge is 0.127 e. The summed E-state index contributed by atoms with van der Waals surface area (Å²) in [4.78, 5) is 3.91. The summed E-state index contributed by atoms with van der Waals surface area (Å²) in [6, 6.07) is 0. The van der Waals surface area contributed by atoms with Crippen LogP contribution in [0.5, 0.6) is 0 Å². The molecule has 0 unspecified atom stereocenters. The highest BCUT2D eigenvalue weighted by atomic mass is 35.5. The zero-order valence-electron chi connectivity index (χ0n) is 5.76. The van der Waals surface area contributed by atoms with E-state index < -0.39 is 0 Å². The van der Waals surface area contributed by atoms with Gasteiger partial charge in [-0.15, -0.1) is 0 Å². The second-order valence-electron chi connectivity index (χ2n) is 2.15. The van der Waals surface area contributed by atoms with Crippen LogP contribution in [-0.4, -0.2) is 5.84 Å². The highest BCUT2D eigenvalue weighted by Crippen LogP contribution is 2.11. The van der Waals surface area contributed by atoms with Crippen LogP contribution in [0.1, 0.15) is 13.3 Å². The molecule has 0 fully saturated rings. The van der Waals surface area contributed by atoms with Crippen LogP contribution in [-0.2, 0) is 0 Å². The zero-order chi connectivity index (χ0) is 7.56. The van der Waals surface area contributed by atoms with E-state index in [1.165, 1.54) is 0 Å². The summed E-state index contributed by atoms with van der Waals surface area (Å²) in [5.74, 6) is 0.513. The second kappa shape index (κ2) is 2.88. The van der Waals surface area contributed by atoms with Gasteiger partial charge in [0, 0.05) is 0 Å². The van der Waals surface area contributed by atoms with Crippen LogP contribution >= 0.6 is 11.6 Å². The van der Waals surface area contributed by atoms with E-state index in [9.17, 15) is 0 Å². The van der Waals surface area contributed by atoms with Gasteiger partial charge in [0.1, 0.15) is 11.0 Å². The summed E-state index contributed by atoms with van der Waals surface area (Å²) in [7, 11) is 0. The lowest BCUT2D eigenvalue weighted by Crippen LogP contribution is -2.11. The minimum atomic E-state index is 0.477. The van der Waals surface area contributed by atoms with Gasteiger partial charge in [-0.3, -0.25) is 0 Å². The topological polar surface area (TPSA) is 38.4 Å². The van der Waals surface area contributed by atoms with E-state index in [1.807, 2.05) is 19.1 Å². The van der Waals surface area contributed by atoms with E-state index in [2.05, 4.69) is 4.99 Å². The van der Waals surface area contributed by atoms with Gasteiger partial charge in [-0.05, 0) is 25.0 Å². The summed E-state index contributed by atoms with van der Waals surface area (Å²) in [5.41, 5.74) is 6.52. The SMILES string of the molecule is CC1=CCC=C(Cl)N=C1N. The van der Waals surface area contributed by atoms with E-state index in [0.717, 1.165) is 12.0 Å². The van der Waals surface area contributed by atoms with E-state index in [1.54, 1.807) is 0 Å². The van der Waals surface area contributed by atoms with E-state index in [-0.39, 0.29) is 0 Å². The van der Waals surface area contributed by atoms with Crippen molar-refractivity contribution in [1.29, 1.82) is 0 Å². The van der Waals surface area contributed by atoms with Crippen LogP contribution in [0.4, 0.5) is 0 Å². The Hall–Kier alpha value is -0.760. The largest absolute Gasteiger partial charge is 0.383 e. The number of nitrogens with zero attached hydrogens (tertiary/aromatic N) is 1. The van der Waals surface area contributed by atoms with Crippen LogP contribution in [0, 0.1) is 0 Å². The van der Waals surface area contributed by atoms with Gasteiger partial charge in [-0.2, -0.15) is 0 Å². The van der Waals surface area contributed by atoms with Crippen molar-refractivity contribution >= 4 is 17.4 Å². The normalized spacial score (nSPS) is 18.8. The third-order valence-electron chi connectivity index (χ3n) is 1.34. The van der Waals surface area contributed by atoms with E-state index >= 15 is 0 Å². The molecule has 1 rings (SSSR count). The Morgan fingerprint density at radius 3 is 3.00 bits per heavy atom. The van der Waals surface area contributed by atoms with Crippen LogP contribution in [0.25, 0.3) is 0 Å². The molecule has 0 aliphatic carbocycles. The molecule has 54 valence electrons. The van der Waals surface area contributed by atoms with Gasteiger partial charge >= 0.3 is 0 Å². The molecular formula is C7H9ClN2. The second-order valence-corrected chi connectivity index (χ2v) is 2.53. The summed E-state index contributed by atoms with van der Waals surface area (Å²) < 4.78 is 0. The quantitative estimate of drug-likeness (QED) is 0.534. The number of halogens is 1. The van der Waals surface area contributed by atoms with Crippen molar-refractivity contribution in [3.8, 4) is 0 Å². The first-order chi connectivity index (χ1) is 4.70. The molecule has 0 atom stereocenters. The molecule has 0 aromatic carbocycles. The fourth-order valence-electron chi connectivity index (χ4n) is 0.686. The van der Waals surface area contributed by atoms with Crippen molar-refractivity contribution < 1.29 is 0 Å². The van der Waals surface area contributed by atoms with Gasteiger partial charge < -0.3 is 5.73 Å². The molecule has 1 heterocycles. The predicted molar refractivity (Wildman–Crippen MR) is 43.9 cm³/mol. The summed E-state index contributed by atoms with van der Waals surface area (Å²) in [6.07, 6.45) is 4.63. The Kier molecular flexibility index (Phi) is 2.12. The van der Waals surface area contributed by atoms with Gasteiger partial charge in [-0.25, -0.2) is 4.99 Å². The Morgan fingerprint density at radius 2 is 2.30 bits per heavy atom. The number of allylic oxidation sites excluding steroid dienone is 2. The number of rotatable bonds is 0. The molecule has 2 nitrogen and oxygen atoms in total. The highest BCUT2D eigenvalue weighted by molar-refractivity contribution is 6.30. The maximum absolute atomic E-state index is 5.64. The molecule has 2 N–H and O–H groups in total. The molecule has 1 aliphatic rings. The number of aliphatic imine (C=N–C) groups is 1. The third kappa shape index (κ3) is 1.61.